The Morgan fingerprint density at radius 1 is 1.05 bits per heavy atom. The van der Waals surface area contributed by atoms with Crippen molar-refractivity contribution in [2.75, 3.05) is 55.4 Å². The molecule has 1 aliphatic heterocycles. The molecule has 0 radical (unpaired) electrons. The van der Waals surface area contributed by atoms with Crippen LogP contribution in [-0.4, -0.2) is 66.8 Å². The van der Waals surface area contributed by atoms with Crippen molar-refractivity contribution < 1.29 is 22.7 Å². The summed E-state index contributed by atoms with van der Waals surface area (Å²) in [5.74, 6) is -1.43. The van der Waals surface area contributed by atoms with Crippen molar-refractivity contribution in [3.8, 4) is 5.88 Å². The van der Waals surface area contributed by atoms with Crippen molar-refractivity contribution in [1.29, 1.82) is 0 Å². The average molecular weight is 555 g/mol. The predicted molar refractivity (Wildman–Crippen MR) is 137 cm³/mol. The van der Waals surface area contributed by atoms with E-state index in [9.17, 15) is 18.0 Å². The van der Waals surface area contributed by atoms with Crippen molar-refractivity contribution in [3.63, 3.8) is 0 Å². The van der Waals surface area contributed by atoms with Crippen molar-refractivity contribution in [2.45, 2.75) is 6.18 Å². The van der Waals surface area contributed by atoms with Crippen LogP contribution in [0, 0.1) is 0 Å². The SMILES string of the molecule is CN1CCN(c2ccc(Nc3ncc(C(=O)Nc4c(Cl)cccc4Cl)c(OCC(F)(F)F)n3)cc2)CC1. The molecule has 0 bridgehead atoms. The fourth-order valence-corrected chi connectivity index (χ4v) is 4.08. The van der Waals surface area contributed by atoms with Gasteiger partial charge in [0.1, 0.15) is 5.56 Å². The van der Waals surface area contributed by atoms with Crippen molar-refractivity contribution in [2.24, 2.45) is 0 Å². The molecule has 0 atom stereocenters. The minimum absolute atomic E-state index is 0.0446. The molecule has 1 fully saturated rings. The highest BCUT2D eigenvalue weighted by atomic mass is 35.5. The average Bonchev–Trinajstić information content (AvgIpc) is 2.86. The summed E-state index contributed by atoms with van der Waals surface area (Å²) in [6.07, 6.45) is -3.57. The van der Waals surface area contributed by atoms with Gasteiger partial charge in [-0.2, -0.15) is 18.2 Å². The maximum absolute atomic E-state index is 12.9. The summed E-state index contributed by atoms with van der Waals surface area (Å²) in [5.41, 5.74) is 1.44. The van der Waals surface area contributed by atoms with E-state index < -0.39 is 24.6 Å². The molecule has 1 saturated heterocycles. The lowest BCUT2D eigenvalue weighted by atomic mass is 10.2. The first kappa shape index (κ1) is 26.8. The smallest absolute Gasteiger partial charge is 0.422 e. The van der Waals surface area contributed by atoms with E-state index in [4.69, 9.17) is 27.9 Å². The second-order valence-electron chi connectivity index (χ2n) is 8.33. The standard InChI is InChI=1S/C24H23Cl2F3N6O2/c1-34-9-11-35(12-10-34)16-7-5-15(6-8-16)31-23-30-13-17(22(33-23)37-14-24(27,28)29)21(36)32-20-18(25)3-2-4-19(20)26/h2-8,13H,9-12,14H2,1H3,(H,32,36)(H,30,31,33). The second-order valence-corrected chi connectivity index (χ2v) is 9.14. The summed E-state index contributed by atoms with van der Waals surface area (Å²) in [6, 6.07) is 12.1. The Balaban J connectivity index is 1.53. The van der Waals surface area contributed by atoms with Crippen LogP contribution in [-0.2, 0) is 0 Å². The number of nitrogens with zero attached hydrogens (tertiary/aromatic N) is 4. The molecule has 0 aliphatic carbocycles. The Morgan fingerprint density at radius 3 is 2.32 bits per heavy atom. The molecular formula is C24H23Cl2F3N6O2. The molecule has 1 aromatic heterocycles. The molecule has 0 unspecified atom stereocenters. The fourth-order valence-electron chi connectivity index (χ4n) is 3.59. The summed E-state index contributed by atoms with van der Waals surface area (Å²) in [7, 11) is 2.08. The van der Waals surface area contributed by atoms with E-state index in [0.29, 0.717) is 5.69 Å². The van der Waals surface area contributed by atoms with Crippen LogP contribution < -0.4 is 20.3 Å². The monoisotopic (exact) mass is 554 g/mol. The molecule has 3 aromatic rings. The van der Waals surface area contributed by atoms with Gasteiger partial charge in [0.15, 0.2) is 6.61 Å². The largest absolute Gasteiger partial charge is 0.467 e. The van der Waals surface area contributed by atoms with E-state index in [1.54, 1.807) is 6.07 Å². The fraction of sp³-hybridized carbons (Fsp3) is 0.292. The number of aromatic nitrogens is 2. The van der Waals surface area contributed by atoms with Crippen molar-refractivity contribution in [3.05, 3.63) is 64.3 Å². The lowest BCUT2D eigenvalue weighted by molar-refractivity contribution is -0.154. The Bertz CT molecular complexity index is 1230. The summed E-state index contributed by atoms with van der Waals surface area (Å²) in [4.78, 5) is 25.5. The van der Waals surface area contributed by atoms with Crippen LogP contribution >= 0.6 is 23.2 Å². The highest BCUT2D eigenvalue weighted by Gasteiger charge is 2.30. The maximum Gasteiger partial charge on any atom is 0.422 e. The van der Waals surface area contributed by atoms with Crippen LogP contribution in [0.15, 0.2) is 48.7 Å². The molecule has 196 valence electrons. The van der Waals surface area contributed by atoms with Gasteiger partial charge in [0, 0.05) is 43.8 Å². The molecule has 8 nitrogen and oxygen atoms in total. The number of halogens is 5. The van der Waals surface area contributed by atoms with Crippen molar-refractivity contribution in [1.82, 2.24) is 14.9 Å². The van der Waals surface area contributed by atoms with E-state index in [0.717, 1.165) is 38.1 Å². The number of alkyl halides is 3. The van der Waals surface area contributed by atoms with E-state index in [-0.39, 0.29) is 27.2 Å². The van der Waals surface area contributed by atoms with Gasteiger partial charge in [0.25, 0.3) is 5.91 Å². The molecule has 37 heavy (non-hydrogen) atoms. The van der Waals surface area contributed by atoms with Gasteiger partial charge in [-0.25, -0.2) is 4.98 Å². The van der Waals surface area contributed by atoms with E-state index in [1.165, 1.54) is 12.1 Å². The number of para-hydroxylation sites is 1. The Labute approximate surface area is 221 Å². The van der Waals surface area contributed by atoms with Gasteiger partial charge in [-0.1, -0.05) is 29.3 Å². The Hall–Kier alpha value is -3.28. The van der Waals surface area contributed by atoms with Gasteiger partial charge in [-0.05, 0) is 43.4 Å². The van der Waals surface area contributed by atoms with Gasteiger partial charge in [-0.15, -0.1) is 0 Å². The number of carbonyl (C=O) groups excluding carboxylic acids is 1. The number of nitrogens with one attached hydrogen (secondary N) is 2. The van der Waals surface area contributed by atoms with Crippen LogP contribution in [0.5, 0.6) is 5.88 Å². The number of anilines is 4. The third kappa shape index (κ3) is 7.15. The number of benzene rings is 2. The Morgan fingerprint density at radius 2 is 1.70 bits per heavy atom. The molecule has 2 heterocycles. The van der Waals surface area contributed by atoms with Gasteiger partial charge < -0.3 is 25.2 Å². The van der Waals surface area contributed by atoms with E-state index in [1.807, 2.05) is 24.3 Å². The second kappa shape index (κ2) is 11.4. The van der Waals surface area contributed by atoms with Crippen LogP contribution in [0.4, 0.5) is 36.2 Å². The zero-order chi connectivity index (χ0) is 26.6. The third-order valence-electron chi connectivity index (χ3n) is 5.56. The van der Waals surface area contributed by atoms with Gasteiger partial charge in [-0.3, -0.25) is 4.79 Å². The zero-order valence-electron chi connectivity index (χ0n) is 19.6. The molecule has 0 saturated carbocycles. The highest BCUT2D eigenvalue weighted by Crippen LogP contribution is 2.31. The van der Waals surface area contributed by atoms with Gasteiger partial charge in [0.2, 0.25) is 11.8 Å². The highest BCUT2D eigenvalue weighted by molar-refractivity contribution is 6.40. The van der Waals surface area contributed by atoms with Crippen LogP contribution in [0.1, 0.15) is 10.4 Å². The van der Waals surface area contributed by atoms with E-state index in [2.05, 4.69) is 37.4 Å². The number of likely N-dealkylation sites (N-methyl/N-ethyl adjacent to an activating group) is 1. The van der Waals surface area contributed by atoms with Crippen LogP contribution in [0.3, 0.4) is 0 Å². The topological polar surface area (TPSA) is 82.6 Å². The number of hydrogen-bond donors (Lipinski definition) is 2. The number of hydrogen-bond acceptors (Lipinski definition) is 7. The minimum Gasteiger partial charge on any atom is -0.467 e. The number of ether oxygens (including phenoxy) is 1. The lowest BCUT2D eigenvalue weighted by Crippen LogP contribution is -2.44. The molecule has 0 spiro atoms. The van der Waals surface area contributed by atoms with Gasteiger partial charge >= 0.3 is 6.18 Å². The predicted octanol–water partition coefficient (Wildman–Crippen LogP) is 5.47. The summed E-state index contributed by atoms with van der Waals surface area (Å²) in [5, 5.41) is 5.70. The molecular weight excluding hydrogens is 532 g/mol. The molecule has 2 N–H and O–H groups in total. The lowest BCUT2D eigenvalue weighted by Gasteiger charge is -2.34. The van der Waals surface area contributed by atoms with Crippen LogP contribution in [0.2, 0.25) is 10.0 Å². The van der Waals surface area contributed by atoms with Crippen molar-refractivity contribution >= 4 is 52.1 Å². The third-order valence-corrected chi connectivity index (χ3v) is 6.19. The summed E-state index contributed by atoms with van der Waals surface area (Å²) < 4.78 is 43.4. The molecule has 13 heteroatoms. The maximum atomic E-state index is 12.9. The molecule has 1 amide bonds. The molecule has 4 rings (SSSR count). The number of carbonyl (C=O) groups is 1. The summed E-state index contributed by atoms with van der Waals surface area (Å²) in [6.45, 7) is 2.12. The molecule has 1 aliphatic rings. The zero-order valence-corrected chi connectivity index (χ0v) is 21.2. The summed E-state index contributed by atoms with van der Waals surface area (Å²) >= 11 is 12.2. The molecule has 2 aromatic carbocycles. The van der Waals surface area contributed by atoms with Crippen LogP contribution in [0.25, 0.3) is 0 Å². The first-order valence-electron chi connectivity index (χ1n) is 11.2. The number of rotatable bonds is 7. The quantitative estimate of drug-likeness (QED) is 0.400. The number of amides is 1. The van der Waals surface area contributed by atoms with E-state index >= 15 is 0 Å². The normalized spacial score (nSPS) is 14.4. The minimum atomic E-state index is -4.64. The Kier molecular flexibility index (Phi) is 8.25. The number of piperazine rings is 1. The van der Waals surface area contributed by atoms with Gasteiger partial charge in [0.05, 0.1) is 15.7 Å². The first-order valence-corrected chi connectivity index (χ1v) is 12.0. The first-order chi connectivity index (χ1) is 17.6.